The number of hydrogen-bond donors (Lipinski definition) is 5. The van der Waals surface area contributed by atoms with Crippen molar-refractivity contribution < 1.29 is 29.1 Å². The van der Waals surface area contributed by atoms with Crippen molar-refractivity contribution >= 4 is 41.4 Å². The monoisotopic (exact) mass is 521 g/mol. The first-order valence-corrected chi connectivity index (χ1v) is 13.2. The molecule has 0 aromatic heterocycles. The van der Waals surface area contributed by atoms with Gasteiger partial charge in [-0.05, 0) is 49.7 Å². The Bertz CT molecular complexity index is 931. The Labute approximate surface area is 214 Å². The largest absolute Gasteiger partial charge is 0.480 e. The van der Waals surface area contributed by atoms with Gasteiger partial charge in [-0.3, -0.25) is 19.2 Å². The Morgan fingerprint density at radius 3 is 2.42 bits per heavy atom. The fraction of sp³-hybridized carbons (Fsp3) is 0.542. The number of carboxylic acids is 1. The lowest BCUT2D eigenvalue weighted by Gasteiger charge is -2.30. The van der Waals surface area contributed by atoms with E-state index in [1.165, 1.54) is 16.7 Å². The van der Waals surface area contributed by atoms with Crippen LogP contribution in [0.15, 0.2) is 30.3 Å². The minimum Gasteiger partial charge on any atom is -0.480 e. The summed E-state index contributed by atoms with van der Waals surface area (Å²) in [7, 11) is 0. The molecule has 0 spiro atoms. The highest BCUT2D eigenvalue weighted by Crippen LogP contribution is 2.20. The lowest BCUT2D eigenvalue weighted by Crippen LogP contribution is -2.57. The number of aliphatic carboxylic acids is 1. The zero-order chi connectivity index (χ0) is 26.7. The number of nitrogens with one attached hydrogen (secondary N) is 2. The van der Waals surface area contributed by atoms with Crippen molar-refractivity contribution in [1.29, 1.82) is 0 Å². The van der Waals surface area contributed by atoms with Crippen molar-refractivity contribution in [1.82, 2.24) is 15.5 Å². The number of thioether (sulfide) groups is 1. The number of benzene rings is 1. The Hall–Kier alpha value is -3.12. The summed E-state index contributed by atoms with van der Waals surface area (Å²) in [5.74, 6) is -2.89. The fourth-order valence-corrected chi connectivity index (χ4v) is 4.52. The number of primary amides is 1. The summed E-state index contributed by atoms with van der Waals surface area (Å²) < 4.78 is 0. The van der Waals surface area contributed by atoms with Gasteiger partial charge in [0.05, 0.1) is 6.04 Å². The molecule has 0 bridgehead atoms. The van der Waals surface area contributed by atoms with Gasteiger partial charge in [0.15, 0.2) is 0 Å². The average Bonchev–Trinajstić information content (AvgIpc) is 3.34. The van der Waals surface area contributed by atoms with Crippen molar-refractivity contribution in [2.24, 2.45) is 11.5 Å². The van der Waals surface area contributed by atoms with E-state index in [9.17, 15) is 29.1 Å². The number of carbonyl (C=O) groups is 5. The number of carbonyl (C=O) groups excluding carboxylic acids is 4. The van der Waals surface area contributed by atoms with Gasteiger partial charge in [0.1, 0.15) is 18.1 Å². The van der Waals surface area contributed by atoms with Crippen LogP contribution < -0.4 is 22.1 Å². The third-order valence-corrected chi connectivity index (χ3v) is 6.64. The second-order valence-electron chi connectivity index (χ2n) is 8.73. The maximum absolute atomic E-state index is 13.4. The summed E-state index contributed by atoms with van der Waals surface area (Å²) in [6.45, 7) is 0.262. The first kappa shape index (κ1) is 29.1. The number of carboxylic acid groups (broad SMARTS) is 1. The van der Waals surface area contributed by atoms with Crippen LogP contribution in [0.4, 0.5) is 0 Å². The van der Waals surface area contributed by atoms with Gasteiger partial charge in [0, 0.05) is 13.0 Å². The Kier molecular flexibility index (Phi) is 11.7. The lowest BCUT2D eigenvalue weighted by molar-refractivity contribution is -0.145. The summed E-state index contributed by atoms with van der Waals surface area (Å²) in [5, 5.41) is 14.6. The number of nitrogens with zero attached hydrogens (tertiary/aromatic N) is 1. The molecule has 1 fully saturated rings. The first-order chi connectivity index (χ1) is 17.1. The van der Waals surface area contributed by atoms with Gasteiger partial charge >= 0.3 is 5.97 Å². The second kappa shape index (κ2) is 14.4. The molecule has 1 aromatic carbocycles. The predicted octanol–water partition coefficient (Wildman–Crippen LogP) is -0.380. The molecule has 1 heterocycles. The molecule has 4 amide bonds. The Morgan fingerprint density at radius 1 is 1.11 bits per heavy atom. The molecule has 1 aromatic rings. The van der Waals surface area contributed by atoms with Crippen LogP contribution in [0.1, 0.15) is 37.7 Å². The summed E-state index contributed by atoms with van der Waals surface area (Å²) in [6.07, 6.45) is 3.04. The van der Waals surface area contributed by atoms with Gasteiger partial charge < -0.3 is 32.1 Å². The van der Waals surface area contributed by atoms with E-state index in [0.29, 0.717) is 18.6 Å². The topological polar surface area (TPSA) is 185 Å². The van der Waals surface area contributed by atoms with Crippen LogP contribution in [-0.2, 0) is 30.4 Å². The Balaban J connectivity index is 2.10. The summed E-state index contributed by atoms with van der Waals surface area (Å²) in [4.78, 5) is 63.4. The van der Waals surface area contributed by atoms with Crippen molar-refractivity contribution in [3.05, 3.63) is 35.9 Å². The van der Waals surface area contributed by atoms with Gasteiger partial charge in [-0.1, -0.05) is 30.3 Å². The van der Waals surface area contributed by atoms with Crippen molar-refractivity contribution in [2.45, 2.75) is 62.7 Å². The highest BCUT2D eigenvalue weighted by molar-refractivity contribution is 7.98. The van der Waals surface area contributed by atoms with Crippen LogP contribution in [0.3, 0.4) is 0 Å². The van der Waals surface area contributed by atoms with E-state index in [1.54, 1.807) is 0 Å². The highest BCUT2D eigenvalue weighted by atomic mass is 32.2. The third kappa shape index (κ3) is 8.83. The lowest BCUT2D eigenvalue weighted by atomic mass is 10.0. The summed E-state index contributed by atoms with van der Waals surface area (Å²) in [6, 6.07) is 5.19. The molecular weight excluding hydrogens is 486 g/mol. The van der Waals surface area contributed by atoms with Gasteiger partial charge in [0.25, 0.3) is 0 Å². The molecule has 0 saturated carbocycles. The minimum atomic E-state index is -1.15. The molecule has 36 heavy (non-hydrogen) atoms. The second-order valence-corrected chi connectivity index (χ2v) is 9.72. The highest BCUT2D eigenvalue weighted by Gasteiger charge is 2.39. The third-order valence-electron chi connectivity index (χ3n) is 5.99. The van der Waals surface area contributed by atoms with E-state index in [2.05, 4.69) is 10.6 Å². The van der Waals surface area contributed by atoms with Crippen molar-refractivity contribution in [3.8, 4) is 0 Å². The van der Waals surface area contributed by atoms with E-state index >= 15 is 0 Å². The maximum Gasteiger partial charge on any atom is 0.326 e. The maximum atomic E-state index is 13.4. The quantitative estimate of drug-likeness (QED) is 0.219. The molecule has 4 atom stereocenters. The van der Waals surface area contributed by atoms with E-state index in [4.69, 9.17) is 11.5 Å². The summed E-state index contributed by atoms with van der Waals surface area (Å²) >= 11 is 1.46. The molecule has 0 aliphatic carbocycles. The zero-order valence-corrected chi connectivity index (χ0v) is 21.2. The molecule has 11 nitrogen and oxygen atoms in total. The SMILES string of the molecule is CSCCC(NC(=O)C1CCCN1C(=O)C(CCC(N)=O)NC(=O)C(N)Cc1ccccc1)C(=O)O. The van der Waals surface area contributed by atoms with Crippen LogP contribution in [0, 0.1) is 0 Å². The number of likely N-dealkylation sites (tertiary alicyclic amines) is 1. The molecular formula is C24H35N5O6S. The van der Waals surface area contributed by atoms with Gasteiger partial charge in [-0.2, -0.15) is 11.8 Å². The molecule has 198 valence electrons. The molecule has 1 aliphatic heterocycles. The molecule has 4 unspecified atom stereocenters. The zero-order valence-electron chi connectivity index (χ0n) is 20.4. The molecule has 1 aliphatic rings. The van der Waals surface area contributed by atoms with E-state index in [-0.39, 0.29) is 32.2 Å². The van der Waals surface area contributed by atoms with E-state index in [0.717, 1.165) is 5.56 Å². The smallest absolute Gasteiger partial charge is 0.326 e. The number of amides is 4. The average molecular weight is 522 g/mol. The van der Waals surface area contributed by atoms with E-state index in [1.807, 2.05) is 36.6 Å². The van der Waals surface area contributed by atoms with Gasteiger partial charge in [-0.15, -0.1) is 0 Å². The van der Waals surface area contributed by atoms with Crippen LogP contribution in [-0.4, -0.2) is 82.3 Å². The summed E-state index contributed by atoms with van der Waals surface area (Å²) in [5.41, 5.74) is 12.2. The fourth-order valence-electron chi connectivity index (χ4n) is 4.05. The van der Waals surface area contributed by atoms with Gasteiger partial charge in [0.2, 0.25) is 23.6 Å². The number of nitrogens with two attached hydrogens (primary N) is 2. The van der Waals surface area contributed by atoms with Crippen molar-refractivity contribution in [2.75, 3.05) is 18.6 Å². The predicted molar refractivity (Wildman–Crippen MR) is 136 cm³/mol. The molecule has 2 rings (SSSR count). The number of rotatable bonds is 14. The normalized spacial score (nSPS) is 17.6. The van der Waals surface area contributed by atoms with E-state index < -0.39 is 53.8 Å². The molecule has 1 saturated heterocycles. The first-order valence-electron chi connectivity index (χ1n) is 11.8. The molecule has 12 heteroatoms. The molecule has 0 radical (unpaired) electrons. The number of hydrogen-bond acceptors (Lipinski definition) is 7. The van der Waals surface area contributed by atoms with Gasteiger partial charge in [-0.25, -0.2) is 4.79 Å². The van der Waals surface area contributed by atoms with Crippen LogP contribution in [0.5, 0.6) is 0 Å². The van der Waals surface area contributed by atoms with Crippen LogP contribution >= 0.6 is 11.8 Å². The molecule has 7 N–H and O–H groups in total. The van der Waals surface area contributed by atoms with Crippen molar-refractivity contribution in [3.63, 3.8) is 0 Å². The van der Waals surface area contributed by atoms with Crippen LogP contribution in [0.25, 0.3) is 0 Å². The Morgan fingerprint density at radius 2 is 1.81 bits per heavy atom. The minimum absolute atomic E-state index is 0.0473. The standard InChI is InChI=1S/C24H35N5O6S/c1-36-13-11-18(24(34)35)28-22(32)19-8-5-12-29(19)23(33)17(9-10-20(26)30)27-21(31)16(25)14-15-6-3-2-4-7-15/h2-4,6-7,16-19H,5,8-14,25H2,1H3,(H2,26,30)(H,27,31)(H,28,32)(H,34,35). The van der Waals surface area contributed by atoms with Crippen LogP contribution in [0.2, 0.25) is 0 Å².